The predicted molar refractivity (Wildman–Crippen MR) is 117 cm³/mol. The van der Waals surface area contributed by atoms with Gasteiger partial charge in [0.1, 0.15) is 17.1 Å². The summed E-state index contributed by atoms with van der Waals surface area (Å²) in [6.45, 7) is 0.888. The number of benzene rings is 3. The zero-order valence-electron chi connectivity index (χ0n) is 16.8. The van der Waals surface area contributed by atoms with Gasteiger partial charge in [-0.15, -0.1) is 0 Å². The van der Waals surface area contributed by atoms with Crippen LogP contribution in [-0.4, -0.2) is 26.7 Å². The molecule has 0 saturated carbocycles. The second-order valence-electron chi connectivity index (χ2n) is 6.58. The van der Waals surface area contributed by atoms with Gasteiger partial charge in [-0.05, 0) is 54.8 Å². The number of amides is 1. The van der Waals surface area contributed by atoms with Crippen molar-refractivity contribution in [3.8, 4) is 11.5 Å². The van der Waals surface area contributed by atoms with E-state index in [-0.39, 0.29) is 5.91 Å². The summed E-state index contributed by atoms with van der Waals surface area (Å²) in [5, 5.41) is 6.31. The van der Waals surface area contributed by atoms with Gasteiger partial charge < -0.3 is 20.1 Å². The zero-order chi connectivity index (χ0) is 20.5. The van der Waals surface area contributed by atoms with E-state index < -0.39 is 0 Å². The van der Waals surface area contributed by atoms with Gasteiger partial charge in [0, 0.05) is 17.9 Å². The van der Waals surface area contributed by atoms with Crippen LogP contribution in [0.2, 0.25) is 0 Å². The molecule has 150 valence electrons. The van der Waals surface area contributed by atoms with E-state index in [0.29, 0.717) is 22.7 Å². The number of hydrogen-bond donors (Lipinski definition) is 2. The number of aryl methyl sites for hydroxylation is 1. The van der Waals surface area contributed by atoms with Crippen molar-refractivity contribution in [2.75, 3.05) is 31.4 Å². The molecule has 0 bridgehead atoms. The fourth-order valence-corrected chi connectivity index (χ4v) is 3.11. The standard InChI is InChI=1S/C24H26N2O3/c1-28-21-11-6-12-22(29-2)23(21)24(27)26-20-15-13-19(14-16-20)25-17-7-10-18-8-4-3-5-9-18/h3-6,8-9,11-16,25H,7,10,17H2,1-2H3,(H,26,27). The van der Waals surface area contributed by atoms with Crippen LogP contribution in [-0.2, 0) is 6.42 Å². The van der Waals surface area contributed by atoms with Crippen molar-refractivity contribution in [2.24, 2.45) is 0 Å². The summed E-state index contributed by atoms with van der Waals surface area (Å²) in [6.07, 6.45) is 2.10. The Hall–Kier alpha value is -3.47. The van der Waals surface area contributed by atoms with Gasteiger partial charge in [-0.3, -0.25) is 4.79 Å². The number of methoxy groups -OCH3 is 2. The zero-order valence-corrected chi connectivity index (χ0v) is 16.8. The molecule has 0 unspecified atom stereocenters. The molecular formula is C24H26N2O3. The van der Waals surface area contributed by atoms with Crippen LogP contribution in [0.1, 0.15) is 22.3 Å². The molecule has 3 aromatic carbocycles. The topological polar surface area (TPSA) is 59.6 Å². The maximum atomic E-state index is 12.7. The van der Waals surface area contributed by atoms with Crippen molar-refractivity contribution in [3.05, 3.63) is 83.9 Å². The first-order valence-corrected chi connectivity index (χ1v) is 9.61. The molecule has 0 radical (unpaired) electrons. The third-order valence-corrected chi connectivity index (χ3v) is 4.61. The quantitative estimate of drug-likeness (QED) is 0.505. The highest BCUT2D eigenvalue weighted by Crippen LogP contribution is 2.29. The molecule has 0 spiro atoms. The summed E-state index contributed by atoms with van der Waals surface area (Å²) in [6, 6.07) is 23.4. The molecule has 5 nitrogen and oxygen atoms in total. The highest BCUT2D eigenvalue weighted by atomic mass is 16.5. The number of nitrogens with one attached hydrogen (secondary N) is 2. The van der Waals surface area contributed by atoms with E-state index in [1.165, 1.54) is 19.8 Å². The first-order valence-electron chi connectivity index (χ1n) is 9.61. The lowest BCUT2D eigenvalue weighted by Crippen LogP contribution is -2.14. The fraction of sp³-hybridized carbons (Fsp3) is 0.208. The number of carbonyl (C=O) groups excluding carboxylic acids is 1. The Kier molecular flexibility index (Phi) is 7.11. The van der Waals surface area contributed by atoms with Crippen LogP contribution in [0.5, 0.6) is 11.5 Å². The highest BCUT2D eigenvalue weighted by Gasteiger charge is 2.18. The Morgan fingerprint density at radius 1 is 0.793 bits per heavy atom. The van der Waals surface area contributed by atoms with Crippen LogP contribution in [0.3, 0.4) is 0 Å². The number of hydrogen-bond acceptors (Lipinski definition) is 4. The van der Waals surface area contributed by atoms with Crippen molar-refractivity contribution >= 4 is 17.3 Å². The van der Waals surface area contributed by atoms with E-state index >= 15 is 0 Å². The van der Waals surface area contributed by atoms with Gasteiger partial charge in [0.15, 0.2) is 0 Å². The average Bonchev–Trinajstić information content (AvgIpc) is 2.77. The molecule has 0 aromatic heterocycles. The maximum absolute atomic E-state index is 12.7. The molecule has 0 saturated heterocycles. The molecule has 5 heteroatoms. The summed E-state index contributed by atoms with van der Waals surface area (Å²) in [5.41, 5.74) is 3.45. The van der Waals surface area contributed by atoms with Gasteiger partial charge in [-0.2, -0.15) is 0 Å². The van der Waals surface area contributed by atoms with Crippen molar-refractivity contribution in [1.29, 1.82) is 0 Å². The number of carbonyl (C=O) groups is 1. The highest BCUT2D eigenvalue weighted by molar-refractivity contribution is 6.08. The van der Waals surface area contributed by atoms with Crippen molar-refractivity contribution in [2.45, 2.75) is 12.8 Å². The first-order chi connectivity index (χ1) is 14.2. The minimum Gasteiger partial charge on any atom is -0.496 e. The fourth-order valence-electron chi connectivity index (χ4n) is 3.11. The largest absolute Gasteiger partial charge is 0.496 e. The van der Waals surface area contributed by atoms with Gasteiger partial charge in [0.25, 0.3) is 5.91 Å². The summed E-state index contributed by atoms with van der Waals surface area (Å²) in [5.74, 6) is 0.667. The van der Waals surface area contributed by atoms with Crippen LogP contribution in [0.4, 0.5) is 11.4 Å². The van der Waals surface area contributed by atoms with E-state index in [9.17, 15) is 4.79 Å². The second-order valence-corrected chi connectivity index (χ2v) is 6.58. The molecule has 0 aliphatic carbocycles. The van der Waals surface area contributed by atoms with Crippen molar-refractivity contribution < 1.29 is 14.3 Å². The number of ether oxygens (including phenoxy) is 2. The molecule has 3 aromatic rings. The van der Waals surface area contributed by atoms with E-state index in [0.717, 1.165) is 25.1 Å². The third kappa shape index (κ3) is 5.51. The molecule has 2 N–H and O–H groups in total. The minimum atomic E-state index is -0.275. The first kappa shape index (κ1) is 20.3. The molecule has 0 heterocycles. The van der Waals surface area contributed by atoms with Crippen LogP contribution in [0, 0.1) is 0 Å². The van der Waals surface area contributed by atoms with Crippen LogP contribution in [0.15, 0.2) is 72.8 Å². The molecule has 0 fully saturated rings. The van der Waals surface area contributed by atoms with E-state index in [1.807, 2.05) is 30.3 Å². The number of anilines is 2. The molecular weight excluding hydrogens is 364 g/mol. The monoisotopic (exact) mass is 390 g/mol. The summed E-state index contributed by atoms with van der Waals surface area (Å²) >= 11 is 0. The summed E-state index contributed by atoms with van der Waals surface area (Å²) in [4.78, 5) is 12.7. The minimum absolute atomic E-state index is 0.275. The lowest BCUT2D eigenvalue weighted by molar-refractivity contribution is 0.102. The van der Waals surface area contributed by atoms with Gasteiger partial charge in [0.2, 0.25) is 0 Å². The maximum Gasteiger partial charge on any atom is 0.263 e. The summed E-state index contributed by atoms with van der Waals surface area (Å²) < 4.78 is 10.6. The summed E-state index contributed by atoms with van der Waals surface area (Å²) in [7, 11) is 3.06. The SMILES string of the molecule is COc1cccc(OC)c1C(=O)Nc1ccc(NCCCc2ccccc2)cc1. The van der Waals surface area contributed by atoms with Gasteiger partial charge in [0.05, 0.1) is 14.2 Å². The van der Waals surface area contributed by atoms with Crippen molar-refractivity contribution in [3.63, 3.8) is 0 Å². The molecule has 0 aliphatic heterocycles. The molecule has 0 atom stereocenters. The van der Waals surface area contributed by atoms with Crippen LogP contribution in [0.25, 0.3) is 0 Å². The molecule has 29 heavy (non-hydrogen) atoms. The van der Waals surface area contributed by atoms with Crippen molar-refractivity contribution in [1.82, 2.24) is 0 Å². The van der Waals surface area contributed by atoms with E-state index in [4.69, 9.17) is 9.47 Å². The third-order valence-electron chi connectivity index (χ3n) is 4.61. The lowest BCUT2D eigenvalue weighted by atomic mass is 10.1. The Morgan fingerprint density at radius 2 is 1.41 bits per heavy atom. The van der Waals surface area contributed by atoms with E-state index in [2.05, 4.69) is 34.9 Å². The normalized spacial score (nSPS) is 10.3. The Morgan fingerprint density at radius 3 is 2.03 bits per heavy atom. The van der Waals surface area contributed by atoms with Crippen LogP contribution < -0.4 is 20.1 Å². The average molecular weight is 390 g/mol. The Bertz CT molecular complexity index is 902. The van der Waals surface area contributed by atoms with Gasteiger partial charge >= 0.3 is 0 Å². The van der Waals surface area contributed by atoms with E-state index in [1.54, 1.807) is 18.2 Å². The van der Waals surface area contributed by atoms with Gasteiger partial charge in [-0.1, -0.05) is 36.4 Å². The van der Waals surface area contributed by atoms with Crippen LogP contribution >= 0.6 is 0 Å². The molecule has 0 aliphatic rings. The lowest BCUT2D eigenvalue weighted by Gasteiger charge is -2.13. The second kappa shape index (κ2) is 10.2. The Labute approximate surface area is 171 Å². The van der Waals surface area contributed by atoms with Gasteiger partial charge in [-0.25, -0.2) is 0 Å². The predicted octanol–water partition coefficient (Wildman–Crippen LogP) is 5.00. The molecule has 1 amide bonds. The smallest absolute Gasteiger partial charge is 0.263 e. The number of rotatable bonds is 9. The molecule has 3 rings (SSSR count). The Balaban J connectivity index is 1.55.